The van der Waals surface area contributed by atoms with Crippen LogP contribution in [0.4, 0.5) is 0 Å². The number of hydrogen-bond donors (Lipinski definition) is 1. The van der Waals surface area contributed by atoms with Crippen molar-refractivity contribution in [3.8, 4) is 0 Å². The lowest BCUT2D eigenvalue weighted by Crippen LogP contribution is -2.49. The summed E-state index contributed by atoms with van der Waals surface area (Å²) in [4.78, 5) is 4.08. The van der Waals surface area contributed by atoms with Gasteiger partial charge < -0.3 is 14.2 Å². The third-order valence-corrected chi connectivity index (χ3v) is 3.34. The zero-order valence-electron chi connectivity index (χ0n) is 11.1. The molecule has 1 radical (unpaired) electrons. The highest BCUT2D eigenvalue weighted by atomic mass is 16.5. The van der Waals surface area contributed by atoms with Crippen molar-refractivity contribution in [3.63, 3.8) is 0 Å². The second-order valence-electron chi connectivity index (χ2n) is 5.35. The summed E-state index contributed by atoms with van der Waals surface area (Å²) in [6.45, 7) is 7.11. The van der Waals surface area contributed by atoms with E-state index in [1.165, 1.54) is 6.39 Å². The van der Waals surface area contributed by atoms with E-state index < -0.39 is 11.2 Å². The molecular formula is C13H17BNO3. The quantitative estimate of drug-likeness (QED) is 0.833. The summed E-state index contributed by atoms with van der Waals surface area (Å²) in [6.07, 6.45) is 1.41. The van der Waals surface area contributed by atoms with Gasteiger partial charge in [0.15, 0.2) is 12.0 Å². The van der Waals surface area contributed by atoms with Crippen molar-refractivity contribution >= 4 is 24.0 Å². The smallest absolute Gasteiger partial charge is 0.334 e. The van der Waals surface area contributed by atoms with E-state index in [1.807, 2.05) is 32.0 Å². The van der Waals surface area contributed by atoms with E-state index in [-0.39, 0.29) is 0 Å². The lowest BCUT2D eigenvalue weighted by atomic mass is 9.82. The second-order valence-corrected chi connectivity index (χ2v) is 5.35. The van der Waals surface area contributed by atoms with Gasteiger partial charge in [0.25, 0.3) is 0 Å². The molecule has 0 bridgehead atoms. The highest BCUT2D eigenvalue weighted by molar-refractivity contribution is 6.50. The molecule has 0 spiro atoms. The molecule has 1 heterocycles. The van der Waals surface area contributed by atoms with Crippen molar-refractivity contribution in [1.82, 2.24) is 4.98 Å². The van der Waals surface area contributed by atoms with E-state index in [0.29, 0.717) is 5.58 Å². The summed E-state index contributed by atoms with van der Waals surface area (Å²) in [5.41, 5.74) is 0.633. The molecule has 0 aliphatic carbocycles. The van der Waals surface area contributed by atoms with Crippen molar-refractivity contribution in [2.24, 2.45) is 0 Å². The Morgan fingerprint density at radius 1 is 1.28 bits per heavy atom. The molecule has 5 heteroatoms. The fourth-order valence-corrected chi connectivity index (χ4v) is 1.36. The maximum atomic E-state index is 10.0. The Morgan fingerprint density at radius 2 is 2.00 bits per heavy atom. The standard InChI is InChI=1S/C13H17BNO3/c1-12(2,16)13(3,4)18-14-9-6-5-7-10-11(9)17-8-15-10/h5-8,16H,1-4H3. The minimum atomic E-state index is -0.946. The van der Waals surface area contributed by atoms with Gasteiger partial charge in [-0.05, 0) is 39.2 Å². The number of oxazole rings is 1. The first-order valence-corrected chi connectivity index (χ1v) is 5.87. The minimum Gasteiger partial charge on any atom is -0.444 e. The molecule has 0 fully saturated rings. The Kier molecular flexibility index (Phi) is 3.21. The Hall–Kier alpha value is -1.33. The molecular weight excluding hydrogens is 229 g/mol. The van der Waals surface area contributed by atoms with Gasteiger partial charge in [-0.3, -0.25) is 0 Å². The Bertz CT molecular complexity index is 542. The third kappa shape index (κ3) is 2.42. The summed E-state index contributed by atoms with van der Waals surface area (Å²) < 4.78 is 11.0. The molecule has 0 unspecified atom stereocenters. The largest absolute Gasteiger partial charge is 0.444 e. The zero-order chi connectivity index (χ0) is 13.4. The van der Waals surface area contributed by atoms with Crippen LogP contribution >= 0.6 is 0 Å². The van der Waals surface area contributed by atoms with Crippen molar-refractivity contribution < 1.29 is 14.2 Å². The van der Waals surface area contributed by atoms with Crippen LogP contribution in [0, 0.1) is 0 Å². The Balaban J connectivity index is 2.18. The molecule has 2 aromatic rings. The van der Waals surface area contributed by atoms with Crippen LogP contribution in [0.15, 0.2) is 29.0 Å². The molecule has 4 nitrogen and oxygen atoms in total. The van der Waals surface area contributed by atoms with Gasteiger partial charge in [-0.25, -0.2) is 4.98 Å². The summed E-state index contributed by atoms with van der Waals surface area (Å²) in [7, 11) is 1.60. The fourth-order valence-electron chi connectivity index (χ4n) is 1.36. The van der Waals surface area contributed by atoms with Gasteiger partial charge in [0, 0.05) is 0 Å². The van der Waals surface area contributed by atoms with E-state index in [9.17, 15) is 5.11 Å². The van der Waals surface area contributed by atoms with E-state index >= 15 is 0 Å². The van der Waals surface area contributed by atoms with Crippen LogP contribution in [0.3, 0.4) is 0 Å². The normalized spacial score (nSPS) is 12.9. The highest BCUT2D eigenvalue weighted by Crippen LogP contribution is 2.24. The lowest BCUT2D eigenvalue weighted by molar-refractivity contribution is -0.0893. The Morgan fingerprint density at radius 3 is 2.67 bits per heavy atom. The number of nitrogens with zero attached hydrogens (tertiary/aromatic N) is 1. The average molecular weight is 246 g/mol. The molecule has 0 atom stereocenters. The van der Waals surface area contributed by atoms with Crippen LogP contribution < -0.4 is 5.46 Å². The number of fused-ring (bicyclic) bond motifs is 1. The van der Waals surface area contributed by atoms with Gasteiger partial charge in [0.05, 0.1) is 11.2 Å². The molecule has 1 aromatic heterocycles. The summed E-state index contributed by atoms with van der Waals surface area (Å²) >= 11 is 0. The van der Waals surface area contributed by atoms with Crippen LogP contribution in [0.1, 0.15) is 27.7 Å². The van der Waals surface area contributed by atoms with Gasteiger partial charge in [0.1, 0.15) is 5.52 Å². The molecule has 1 N–H and O–H groups in total. The molecule has 0 aliphatic heterocycles. The second kappa shape index (κ2) is 4.41. The maximum Gasteiger partial charge on any atom is 0.334 e. The predicted molar refractivity (Wildman–Crippen MR) is 70.9 cm³/mol. The van der Waals surface area contributed by atoms with Crippen molar-refractivity contribution in [1.29, 1.82) is 0 Å². The molecule has 0 saturated heterocycles. The van der Waals surface area contributed by atoms with Crippen molar-refractivity contribution in [3.05, 3.63) is 24.6 Å². The predicted octanol–water partition coefficient (Wildman–Crippen LogP) is 1.64. The highest BCUT2D eigenvalue weighted by Gasteiger charge is 2.35. The van der Waals surface area contributed by atoms with Crippen LogP contribution in [0.25, 0.3) is 11.1 Å². The van der Waals surface area contributed by atoms with Gasteiger partial charge in [-0.1, -0.05) is 12.1 Å². The van der Waals surface area contributed by atoms with Gasteiger partial charge in [-0.2, -0.15) is 0 Å². The van der Waals surface area contributed by atoms with E-state index in [4.69, 9.17) is 9.07 Å². The molecule has 2 rings (SSSR count). The molecule has 0 aliphatic rings. The molecule has 95 valence electrons. The van der Waals surface area contributed by atoms with Crippen molar-refractivity contribution in [2.75, 3.05) is 0 Å². The number of rotatable bonds is 4. The van der Waals surface area contributed by atoms with Gasteiger partial charge >= 0.3 is 7.48 Å². The Labute approximate surface area is 107 Å². The number of hydrogen-bond acceptors (Lipinski definition) is 4. The minimum absolute atomic E-state index is 0.684. The van der Waals surface area contributed by atoms with E-state index in [0.717, 1.165) is 11.0 Å². The van der Waals surface area contributed by atoms with Crippen molar-refractivity contribution in [2.45, 2.75) is 38.9 Å². The first-order valence-electron chi connectivity index (χ1n) is 5.87. The average Bonchev–Trinajstić information content (AvgIpc) is 2.73. The number of benzene rings is 1. The third-order valence-electron chi connectivity index (χ3n) is 3.34. The zero-order valence-corrected chi connectivity index (χ0v) is 11.1. The lowest BCUT2D eigenvalue weighted by Gasteiger charge is -2.37. The van der Waals surface area contributed by atoms with Crippen LogP contribution in [-0.4, -0.2) is 28.8 Å². The fraction of sp³-hybridized carbons (Fsp3) is 0.462. The van der Waals surface area contributed by atoms with E-state index in [2.05, 4.69) is 4.98 Å². The first-order chi connectivity index (χ1) is 8.31. The molecule has 1 aromatic carbocycles. The van der Waals surface area contributed by atoms with Crippen LogP contribution in [0.2, 0.25) is 0 Å². The topological polar surface area (TPSA) is 55.5 Å². The summed E-state index contributed by atoms with van der Waals surface area (Å²) in [5.74, 6) is 0. The van der Waals surface area contributed by atoms with Crippen LogP contribution in [-0.2, 0) is 4.65 Å². The molecule has 18 heavy (non-hydrogen) atoms. The number of para-hydroxylation sites is 1. The number of aromatic nitrogens is 1. The maximum absolute atomic E-state index is 10.0. The molecule has 0 amide bonds. The first kappa shape index (κ1) is 13.1. The van der Waals surface area contributed by atoms with Gasteiger partial charge in [-0.15, -0.1) is 0 Å². The summed E-state index contributed by atoms with van der Waals surface area (Å²) in [5, 5.41) is 10.0. The van der Waals surface area contributed by atoms with E-state index in [1.54, 1.807) is 21.3 Å². The monoisotopic (exact) mass is 246 g/mol. The molecule has 0 saturated carbocycles. The summed E-state index contributed by atoms with van der Waals surface area (Å²) in [6, 6.07) is 5.64. The van der Waals surface area contributed by atoms with Gasteiger partial charge in [0.2, 0.25) is 0 Å². The SMILES string of the molecule is CC(C)(O)C(C)(C)O[B]c1cccc2ncoc12. The number of aliphatic hydroxyl groups is 1. The van der Waals surface area contributed by atoms with Crippen LogP contribution in [0.5, 0.6) is 0 Å².